The number of nitrogens with one attached hydrogen (secondary N) is 2. The predicted molar refractivity (Wildman–Crippen MR) is 68.2 cm³/mol. The summed E-state index contributed by atoms with van der Waals surface area (Å²) >= 11 is 0. The van der Waals surface area contributed by atoms with Gasteiger partial charge in [-0.15, -0.1) is 0 Å². The normalized spacial score (nSPS) is 10.2. The Bertz CT molecular complexity index is 1020. The number of H-pyrrole nitrogens is 2. The Morgan fingerprint density at radius 3 is 2.39 bits per heavy atom. The molecule has 2 aromatic heterocycles. The molecular weight excluding hydrogens is 311 g/mol. The molecule has 112 valence electrons. The molecule has 0 aliphatic rings. The van der Waals surface area contributed by atoms with Crippen LogP contribution in [-0.2, 0) is 0 Å². The van der Waals surface area contributed by atoms with Gasteiger partial charge in [-0.2, -0.15) is 15.3 Å². The van der Waals surface area contributed by atoms with Gasteiger partial charge in [-0.1, -0.05) is 14.4 Å². The number of hydrogen-bond donors (Lipinski definition) is 2. The van der Waals surface area contributed by atoms with E-state index >= 15 is 0 Å². The molecule has 23 heavy (non-hydrogen) atoms. The molecule has 0 atom stereocenters. The molecule has 0 fully saturated rings. The van der Waals surface area contributed by atoms with E-state index in [9.17, 15) is 14.2 Å². The number of rotatable bonds is 2. The predicted octanol–water partition coefficient (Wildman–Crippen LogP) is 1.25. The van der Waals surface area contributed by atoms with E-state index in [2.05, 4.69) is 24.4 Å². The molecule has 0 amide bonds. The molecule has 0 aliphatic heterocycles. The summed E-state index contributed by atoms with van der Waals surface area (Å²) in [5, 5.41) is 13.4. The second-order valence-electron chi connectivity index (χ2n) is 4.28. The first-order valence-corrected chi connectivity index (χ1v) is 5.93. The van der Waals surface area contributed by atoms with Gasteiger partial charge in [0.25, 0.3) is 4.60 Å². The maximum atomic E-state index is 13.9. The Morgan fingerprint density at radius 2 is 1.74 bits per heavy atom. The molecule has 0 unspecified atom stereocenters. The Morgan fingerprint density at radius 1 is 1.13 bits per heavy atom. The van der Waals surface area contributed by atoms with Crippen LogP contribution < -0.4 is 9.20 Å². The van der Waals surface area contributed by atoms with E-state index in [4.69, 9.17) is 11.8 Å². The zero-order valence-corrected chi connectivity index (χ0v) is 11.0. The molecule has 0 saturated carbocycles. The molecule has 1 aromatic carbocycles. The van der Waals surface area contributed by atoms with Crippen molar-refractivity contribution in [3.05, 3.63) is 50.9 Å². The number of aromatic nitrogens is 4. The molecule has 0 bridgehead atoms. The van der Waals surface area contributed by atoms with Crippen LogP contribution in [0.4, 0.5) is 10.2 Å². The first-order valence-electron chi connectivity index (χ1n) is 5.93. The molecular formula is C12H5FN6O4+2. The number of aromatic amines is 2. The van der Waals surface area contributed by atoms with Gasteiger partial charge in [0, 0.05) is 11.1 Å². The highest BCUT2D eigenvalue weighted by Crippen LogP contribution is 2.30. The lowest BCUT2D eigenvalue weighted by atomic mass is 10.0. The van der Waals surface area contributed by atoms with Gasteiger partial charge in [-0.05, 0) is 23.1 Å². The molecule has 0 saturated heterocycles. The fourth-order valence-corrected chi connectivity index (χ4v) is 2.00. The monoisotopic (exact) mass is 316 g/mol. The number of nitriles is 1. The summed E-state index contributed by atoms with van der Waals surface area (Å²) in [6.07, 6.45) is 0. The SMILES string of the molecule is [C-]#[N+]c1c(-c2cc(F)cc(-c3[nH]o[n+](=O)c3C#N)c2)[nH]o[n+]1=O. The summed E-state index contributed by atoms with van der Waals surface area (Å²) in [6.45, 7) is 6.95. The van der Waals surface area contributed by atoms with Crippen LogP contribution in [0.5, 0.6) is 0 Å². The Balaban J connectivity index is 2.25. The van der Waals surface area contributed by atoms with Crippen molar-refractivity contribution in [2.24, 2.45) is 0 Å². The molecule has 11 heteroatoms. The first kappa shape index (κ1) is 14.0. The van der Waals surface area contributed by atoms with Crippen LogP contribution in [0.15, 0.2) is 27.5 Å². The quantitative estimate of drug-likeness (QED) is 0.687. The Kier molecular flexibility index (Phi) is 3.09. The fraction of sp³-hybridized carbons (Fsp3) is 0. The minimum atomic E-state index is -0.726. The summed E-state index contributed by atoms with van der Waals surface area (Å²) in [7, 11) is 0. The summed E-state index contributed by atoms with van der Waals surface area (Å²) in [5.41, 5.74) is -0.279. The van der Waals surface area contributed by atoms with Gasteiger partial charge in [0.15, 0.2) is 16.4 Å². The van der Waals surface area contributed by atoms with Crippen molar-refractivity contribution in [3.8, 4) is 28.6 Å². The van der Waals surface area contributed by atoms with E-state index in [0.29, 0.717) is 0 Å². The molecule has 0 radical (unpaired) electrons. The van der Waals surface area contributed by atoms with Crippen LogP contribution in [0.3, 0.4) is 0 Å². The topological polar surface area (TPSA) is 132 Å². The number of hydrogen-bond acceptors (Lipinski definition) is 5. The standard InChI is InChI=1S/C12H5FN6O4/c1-15-12-11(17-23-19(12)21)7-2-6(3-8(13)4-7)10-9(5-14)18(20)22-16-10/h2-4,16-17H/q+2. The molecule has 2 N–H and O–H groups in total. The zero-order valence-electron chi connectivity index (χ0n) is 11.0. The van der Waals surface area contributed by atoms with Crippen LogP contribution in [0.25, 0.3) is 27.4 Å². The molecule has 10 nitrogen and oxygen atoms in total. The fourth-order valence-electron chi connectivity index (χ4n) is 2.00. The molecule has 3 rings (SSSR count). The number of halogens is 1. The number of nitrogens with zero attached hydrogens (tertiary/aromatic N) is 4. The van der Waals surface area contributed by atoms with E-state index in [0.717, 1.165) is 12.1 Å². The lowest BCUT2D eigenvalue weighted by Crippen LogP contribution is -2.13. The largest absolute Gasteiger partial charge is 0.547 e. The van der Waals surface area contributed by atoms with E-state index in [1.807, 2.05) is 0 Å². The summed E-state index contributed by atoms with van der Waals surface area (Å²) in [5.74, 6) is -1.14. The summed E-state index contributed by atoms with van der Waals surface area (Å²) in [6, 6.07) is 5.07. The highest BCUT2D eigenvalue weighted by molar-refractivity contribution is 5.75. The average molecular weight is 316 g/mol. The van der Waals surface area contributed by atoms with E-state index in [-0.39, 0.29) is 31.7 Å². The van der Waals surface area contributed by atoms with Gasteiger partial charge in [-0.3, -0.25) is 0 Å². The minimum Gasteiger partial charge on any atom is -0.207 e. The highest BCUT2D eigenvalue weighted by atomic mass is 19.1. The molecule has 3 aromatic rings. The molecule has 0 spiro atoms. The lowest BCUT2D eigenvalue weighted by Gasteiger charge is -1.99. The van der Waals surface area contributed by atoms with Crippen molar-refractivity contribution in [2.45, 2.75) is 0 Å². The maximum absolute atomic E-state index is 13.9. The van der Waals surface area contributed by atoms with E-state index in [1.54, 1.807) is 6.07 Å². The van der Waals surface area contributed by atoms with Crippen LogP contribution in [0.2, 0.25) is 0 Å². The summed E-state index contributed by atoms with van der Waals surface area (Å²) in [4.78, 5) is 25.6. The van der Waals surface area contributed by atoms with Crippen molar-refractivity contribution in [3.63, 3.8) is 0 Å². The zero-order chi connectivity index (χ0) is 16.6. The smallest absolute Gasteiger partial charge is 0.207 e. The molecule has 2 heterocycles. The third kappa shape index (κ3) is 2.18. The lowest BCUT2D eigenvalue weighted by molar-refractivity contribution is -0.715. The van der Waals surface area contributed by atoms with Crippen molar-refractivity contribution < 1.29 is 22.8 Å². The van der Waals surface area contributed by atoms with Gasteiger partial charge in [0.2, 0.25) is 5.69 Å². The average Bonchev–Trinajstić information content (AvgIpc) is 3.08. The Hall–Kier alpha value is -3.99. The highest BCUT2D eigenvalue weighted by Gasteiger charge is 2.27. The van der Waals surface area contributed by atoms with Crippen molar-refractivity contribution >= 4 is 5.82 Å². The Labute approximate surface area is 124 Å². The van der Waals surface area contributed by atoms with Crippen LogP contribution >= 0.6 is 0 Å². The van der Waals surface area contributed by atoms with Crippen molar-refractivity contribution in [1.82, 2.24) is 10.3 Å². The summed E-state index contributed by atoms with van der Waals surface area (Å²) < 4.78 is 22.6. The van der Waals surface area contributed by atoms with Gasteiger partial charge in [0.05, 0.1) is 4.91 Å². The van der Waals surface area contributed by atoms with Gasteiger partial charge in [-0.25, -0.2) is 4.39 Å². The minimum absolute atomic E-state index is 0.0484. The van der Waals surface area contributed by atoms with Crippen LogP contribution in [0, 0.1) is 33.5 Å². The van der Waals surface area contributed by atoms with Crippen LogP contribution in [0.1, 0.15) is 5.69 Å². The van der Waals surface area contributed by atoms with E-state index in [1.165, 1.54) is 6.07 Å². The molecule has 0 aliphatic carbocycles. The number of benzene rings is 1. The maximum Gasteiger partial charge on any atom is 0.547 e. The second kappa shape index (κ2) is 5.09. The van der Waals surface area contributed by atoms with Gasteiger partial charge in [0.1, 0.15) is 12.4 Å². The van der Waals surface area contributed by atoms with Gasteiger partial charge >= 0.3 is 11.5 Å². The first-order chi connectivity index (χ1) is 11.0. The third-order valence-electron chi connectivity index (χ3n) is 2.96. The van der Waals surface area contributed by atoms with Gasteiger partial charge < -0.3 is 0 Å². The third-order valence-corrected chi connectivity index (χ3v) is 2.96. The van der Waals surface area contributed by atoms with Crippen molar-refractivity contribution in [1.29, 1.82) is 5.26 Å². The van der Waals surface area contributed by atoms with Crippen molar-refractivity contribution in [2.75, 3.05) is 0 Å². The second-order valence-corrected chi connectivity index (χ2v) is 4.28. The van der Waals surface area contributed by atoms with E-state index < -0.39 is 17.3 Å². The van der Waals surface area contributed by atoms with Crippen LogP contribution in [-0.4, -0.2) is 10.3 Å².